The van der Waals surface area contributed by atoms with Gasteiger partial charge in [-0.25, -0.2) is 4.99 Å². The van der Waals surface area contributed by atoms with Crippen molar-refractivity contribution < 1.29 is 0 Å². The van der Waals surface area contributed by atoms with Crippen LogP contribution in [0.5, 0.6) is 0 Å². The molecule has 0 fully saturated rings. The van der Waals surface area contributed by atoms with Gasteiger partial charge in [0.05, 0.1) is 11.2 Å². The molecule has 1 aromatic carbocycles. The molecule has 0 aliphatic rings. The van der Waals surface area contributed by atoms with Crippen molar-refractivity contribution in [3.8, 4) is 0 Å². The van der Waals surface area contributed by atoms with E-state index in [1.165, 1.54) is 5.56 Å². The topological polar surface area (TPSA) is 12.4 Å². The van der Waals surface area contributed by atoms with Crippen LogP contribution < -0.4 is 0 Å². The normalized spacial score (nSPS) is 10.8. The number of hydrogen-bond acceptors (Lipinski definition) is 3. The number of benzene rings is 1. The van der Waals surface area contributed by atoms with Crippen LogP contribution in [0.3, 0.4) is 0 Å². The standard InChI is InChI=1S/C9H11NS2/c1-8-5-3-4-6-9(8)10-7-12-11-2/h3-7H,1-2H3. The van der Waals surface area contributed by atoms with Crippen LogP contribution in [0.2, 0.25) is 0 Å². The van der Waals surface area contributed by atoms with Gasteiger partial charge in [0.25, 0.3) is 0 Å². The highest BCUT2D eigenvalue weighted by Crippen LogP contribution is 2.19. The summed E-state index contributed by atoms with van der Waals surface area (Å²) < 4.78 is 0. The number of nitrogens with zero attached hydrogens (tertiary/aromatic N) is 1. The third-order valence-electron chi connectivity index (χ3n) is 1.45. The second kappa shape index (κ2) is 5.27. The van der Waals surface area contributed by atoms with Crippen molar-refractivity contribution in [1.82, 2.24) is 0 Å². The number of aryl methyl sites for hydroxylation is 1. The number of hydrogen-bond donors (Lipinski definition) is 0. The molecule has 0 aromatic heterocycles. The summed E-state index contributed by atoms with van der Waals surface area (Å²) in [5.74, 6) is 0. The quantitative estimate of drug-likeness (QED) is 0.416. The molecule has 1 nitrogen and oxygen atoms in total. The summed E-state index contributed by atoms with van der Waals surface area (Å²) in [6.45, 7) is 2.07. The average molecular weight is 197 g/mol. The summed E-state index contributed by atoms with van der Waals surface area (Å²) in [5, 5.41) is 0. The Balaban J connectivity index is 2.68. The highest BCUT2D eigenvalue weighted by molar-refractivity contribution is 8.81. The largest absolute Gasteiger partial charge is 0.249 e. The van der Waals surface area contributed by atoms with E-state index in [1.54, 1.807) is 21.6 Å². The molecule has 64 valence electrons. The Morgan fingerprint density at radius 1 is 1.33 bits per heavy atom. The van der Waals surface area contributed by atoms with E-state index >= 15 is 0 Å². The van der Waals surface area contributed by atoms with Crippen LogP contribution in [0.1, 0.15) is 5.56 Å². The fourth-order valence-electron chi connectivity index (χ4n) is 0.830. The van der Waals surface area contributed by atoms with Gasteiger partial charge in [0.1, 0.15) is 0 Å². The predicted octanol–water partition coefficient (Wildman–Crippen LogP) is 3.67. The van der Waals surface area contributed by atoms with E-state index in [9.17, 15) is 0 Å². The zero-order chi connectivity index (χ0) is 8.81. The first-order valence-corrected chi connectivity index (χ1v) is 6.24. The van der Waals surface area contributed by atoms with Crippen molar-refractivity contribution in [1.29, 1.82) is 0 Å². The molecule has 0 bridgehead atoms. The van der Waals surface area contributed by atoms with Crippen molar-refractivity contribution in [2.24, 2.45) is 4.99 Å². The fraction of sp³-hybridized carbons (Fsp3) is 0.222. The third-order valence-corrected chi connectivity index (χ3v) is 2.67. The highest BCUT2D eigenvalue weighted by atomic mass is 33.1. The lowest BCUT2D eigenvalue weighted by molar-refractivity contribution is 1.41. The summed E-state index contributed by atoms with van der Waals surface area (Å²) in [6, 6.07) is 8.11. The minimum absolute atomic E-state index is 1.05. The molecule has 0 amide bonds. The van der Waals surface area contributed by atoms with Gasteiger partial charge in [-0.3, -0.25) is 0 Å². The van der Waals surface area contributed by atoms with Gasteiger partial charge >= 0.3 is 0 Å². The molecule has 0 heterocycles. The average Bonchev–Trinajstić information content (AvgIpc) is 2.09. The Bertz CT molecular complexity index is 271. The van der Waals surface area contributed by atoms with Crippen molar-refractivity contribution in [2.45, 2.75) is 6.92 Å². The summed E-state index contributed by atoms with van der Waals surface area (Å²) in [4.78, 5) is 4.31. The maximum Gasteiger partial charge on any atom is 0.0711 e. The molecule has 0 aliphatic heterocycles. The van der Waals surface area contributed by atoms with Crippen molar-refractivity contribution >= 4 is 32.8 Å². The first kappa shape index (κ1) is 9.68. The summed E-state index contributed by atoms with van der Waals surface area (Å²) in [5.41, 5.74) is 4.14. The smallest absolute Gasteiger partial charge is 0.0711 e. The summed E-state index contributed by atoms with van der Waals surface area (Å²) >= 11 is 0. The predicted molar refractivity (Wildman–Crippen MR) is 60.4 cm³/mol. The van der Waals surface area contributed by atoms with Crippen molar-refractivity contribution in [3.63, 3.8) is 0 Å². The van der Waals surface area contributed by atoms with Gasteiger partial charge in [0.2, 0.25) is 0 Å². The van der Waals surface area contributed by atoms with Gasteiger partial charge in [-0.2, -0.15) is 0 Å². The molecule has 0 saturated heterocycles. The van der Waals surface area contributed by atoms with Crippen molar-refractivity contribution in [2.75, 3.05) is 6.26 Å². The zero-order valence-corrected chi connectivity index (χ0v) is 8.78. The molecule has 0 atom stereocenters. The molecular formula is C9H11NS2. The van der Waals surface area contributed by atoms with E-state index in [2.05, 4.69) is 18.0 Å². The maximum absolute atomic E-state index is 4.31. The van der Waals surface area contributed by atoms with Crippen LogP contribution in [0.15, 0.2) is 29.3 Å². The molecule has 0 N–H and O–H groups in total. The SMILES string of the molecule is CSSC=Nc1ccccc1C. The molecule has 0 aliphatic carbocycles. The number of aliphatic imine (C=N–C) groups is 1. The molecule has 0 radical (unpaired) electrons. The molecule has 12 heavy (non-hydrogen) atoms. The van der Waals surface area contributed by atoms with Crippen LogP contribution in [0.25, 0.3) is 0 Å². The summed E-state index contributed by atoms with van der Waals surface area (Å²) in [6.07, 6.45) is 2.04. The maximum atomic E-state index is 4.31. The number of rotatable bonds is 3. The Hall–Kier alpha value is -0.410. The fourth-order valence-corrected chi connectivity index (χ4v) is 1.46. The first-order chi connectivity index (χ1) is 5.84. The number of para-hydroxylation sites is 1. The Morgan fingerprint density at radius 3 is 2.75 bits per heavy atom. The molecular weight excluding hydrogens is 186 g/mol. The van der Waals surface area contributed by atoms with Crippen LogP contribution in [0, 0.1) is 6.92 Å². The lowest BCUT2D eigenvalue weighted by Gasteiger charge is -1.96. The lowest BCUT2D eigenvalue weighted by atomic mass is 10.2. The van der Waals surface area contributed by atoms with Gasteiger partial charge in [-0.05, 0) is 35.6 Å². The minimum atomic E-state index is 1.05. The lowest BCUT2D eigenvalue weighted by Crippen LogP contribution is -1.71. The van der Waals surface area contributed by atoms with E-state index in [-0.39, 0.29) is 0 Å². The molecule has 1 aromatic rings. The second-order valence-corrected chi connectivity index (χ2v) is 4.60. The monoisotopic (exact) mass is 197 g/mol. The van der Waals surface area contributed by atoms with Crippen molar-refractivity contribution in [3.05, 3.63) is 29.8 Å². The Morgan fingerprint density at radius 2 is 2.08 bits per heavy atom. The van der Waals surface area contributed by atoms with Crippen LogP contribution in [-0.2, 0) is 0 Å². The molecule has 0 unspecified atom stereocenters. The van der Waals surface area contributed by atoms with E-state index < -0.39 is 0 Å². The van der Waals surface area contributed by atoms with Crippen LogP contribution in [0.4, 0.5) is 5.69 Å². The van der Waals surface area contributed by atoms with E-state index in [1.807, 2.05) is 30.0 Å². The highest BCUT2D eigenvalue weighted by Gasteiger charge is 1.90. The zero-order valence-electron chi connectivity index (χ0n) is 7.15. The van der Waals surface area contributed by atoms with E-state index in [4.69, 9.17) is 0 Å². The van der Waals surface area contributed by atoms with E-state index in [0.717, 1.165) is 5.69 Å². The van der Waals surface area contributed by atoms with E-state index in [0.29, 0.717) is 0 Å². The molecule has 3 heteroatoms. The molecule has 1 rings (SSSR count). The van der Waals surface area contributed by atoms with Gasteiger partial charge in [0.15, 0.2) is 0 Å². The second-order valence-electron chi connectivity index (χ2n) is 2.28. The molecule has 0 spiro atoms. The first-order valence-electron chi connectivity index (χ1n) is 3.62. The summed E-state index contributed by atoms with van der Waals surface area (Å²) in [7, 11) is 3.33. The van der Waals surface area contributed by atoms with Crippen LogP contribution in [-0.4, -0.2) is 11.8 Å². The Labute approximate surface area is 81.1 Å². The minimum Gasteiger partial charge on any atom is -0.249 e. The third kappa shape index (κ3) is 2.91. The van der Waals surface area contributed by atoms with Gasteiger partial charge in [-0.15, -0.1) is 0 Å². The van der Waals surface area contributed by atoms with Gasteiger partial charge in [0, 0.05) is 0 Å². The van der Waals surface area contributed by atoms with Crippen LogP contribution >= 0.6 is 21.6 Å². The Kier molecular flexibility index (Phi) is 4.25. The van der Waals surface area contributed by atoms with Gasteiger partial charge in [-0.1, -0.05) is 29.0 Å². The van der Waals surface area contributed by atoms with Gasteiger partial charge < -0.3 is 0 Å². The molecule has 0 saturated carbocycles.